The quantitative estimate of drug-likeness (QED) is 0.778. The maximum absolute atomic E-state index is 12.7. The molecule has 0 radical (unpaired) electrons. The summed E-state index contributed by atoms with van der Waals surface area (Å²) in [7, 11) is 1.29. The molecule has 0 saturated carbocycles. The number of nitrogens with zero attached hydrogens (tertiary/aromatic N) is 1. The summed E-state index contributed by atoms with van der Waals surface area (Å²) in [5, 5.41) is -0.237. The van der Waals surface area contributed by atoms with E-state index < -0.39 is 18.1 Å². The number of ether oxygens (including phenoxy) is 2. The lowest BCUT2D eigenvalue weighted by atomic mass is 10.1. The highest BCUT2D eigenvalue weighted by Crippen LogP contribution is 2.31. The number of pyridine rings is 1. The number of methoxy groups -OCH3 is 1. The zero-order chi connectivity index (χ0) is 13.7. The lowest BCUT2D eigenvalue weighted by Crippen LogP contribution is -2.09. The number of carbonyl (C=O) groups excluding carboxylic acids is 1. The van der Waals surface area contributed by atoms with Crippen LogP contribution in [-0.2, 0) is 16.0 Å². The van der Waals surface area contributed by atoms with Gasteiger partial charge in [0.2, 0.25) is 5.88 Å². The molecule has 4 nitrogen and oxygen atoms in total. The Balaban J connectivity index is 3.09. The molecule has 0 bridgehead atoms. The molecule has 0 unspecified atom stereocenters. The van der Waals surface area contributed by atoms with Gasteiger partial charge in [0.25, 0.3) is 6.43 Å². The lowest BCUT2D eigenvalue weighted by Gasteiger charge is -2.10. The van der Waals surface area contributed by atoms with E-state index in [4.69, 9.17) is 21.1 Å². The fourth-order valence-corrected chi connectivity index (χ4v) is 1.57. The molecule has 18 heavy (non-hydrogen) atoms. The number of halogens is 3. The van der Waals surface area contributed by atoms with Crippen LogP contribution in [-0.4, -0.2) is 24.7 Å². The smallest absolute Gasteiger partial charge is 0.310 e. The van der Waals surface area contributed by atoms with Gasteiger partial charge in [-0.25, -0.2) is 13.8 Å². The van der Waals surface area contributed by atoms with Crippen LogP contribution in [0.25, 0.3) is 0 Å². The predicted molar refractivity (Wildman–Crippen MR) is 61.1 cm³/mol. The van der Waals surface area contributed by atoms with Crippen LogP contribution in [0.4, 0.5) is 8.78 Å². The van der Waals surface area contributed by atoms with Crippen molar-refractivity contribution in [1.29, 1.82) is 0 Å². The van der Waals surface area contributed by atoms with Crippen molar-refractivity contribution in [2.75, 3.05) is 13.7 Å². The van der Waals surface area contributed by atoms with Gasteiger partial charge in [-0.05, 0) is 12.5 Å². The summed E-state index contributed by atoms with van der Waals surface area (Å²) in [5.74, 6) is -0.568. The van der Waals surface area contributed by atoms with E-state index in [2.05, 4.69) is 4.98 Å². The Hall–Kier alpha value is -1.43. The summed E-state index contributed by atoms with van der Waals surface area (Å²) < 4.78 is 34.9. The minimum Gasteiger partial charge on any atom is -0.481 e. The van der Waals surface area contributed by atoms with Gasteiger partial charge in [0, 0.05) is 6.07 Å². The summed E-state index contributed by atoms with van der Waals surface area (Å²) in [6.07, 6.45) is -3.04. The normalized spacial score (nSPS) is 10.6. The molecule has 7 heteroatoms. The van der Waals surface area contributed by atoms with Gasteiger partial charge in [0.15, 0.2) is 0 Å². The first-order valence-electron chi connectivity index (χ1n) is 5.16. The fraction of sp³-hybridized carbons (Fsp3) is 0.455. The van der Waals surface area contributed by atoms with Crippen molar-refractivity contribution in [3.05, 3.63) is 22.3 Å². The molecule has 100 valence electrons. The number of rotatable bonds is 5. The summed E-state index contributed by atoms with van der Waals surface area (Å²) in [6, 6.07) is 1.34. The standard InChI is InChI=1S/C11H12ClF2NO3/c1-3-18-8(16)5-6-4-7(17-2)15-10(9(6)12)11(13)14/h4,11H,3,5H2,1-2H3. The molecule has 0 amide bonds. The summed E-state index contributed by atoms with van der Waals surface area (Å²) in [5.41, 5.74) is -0.396. The molecular weight excluding hydrogens is 268 g/mol. The van der Waals surface area contributed by atoms with Crippen LogP contribution in [0.15, 0.2) is 6.07 Å². The van der Waals surface area contributed by atoms with Crippen molar-refractivity contribution in [2.24, 2.45) is 0 Å². The van der Waals surface area contributed by atoms with E-state index >= 15 is 0 Å². The van der Waals surface area contributed by atoms with Crippen molar-refractivity contribution < 1.29 is 23.0 Å². The summed E-state index contributed by atoms with van der Waals surface area (Å²) in [4.78, 5) is 14.9. The van der Waals surface area contributed by atoms with Crippen LogP contribution < -0.4 is 4.74 Å². The van der Waals surface area contributed by atoms with Crippen LogP contribution in [0, 0.1) is 0 Å². The van der Waals surface area contributed by atoms with E-state index in [1.54, 1.807) is 6.92 Å². The molecular formula is C11H12ClF2NO3. The number of alkyl halides is 2. The molecule has 0 aliphatic rings. The van der Waals surface area contributed by atoms with Crippen molar-refractivity contribution in [3.63, 3.8) is 0 Å². The van der Waals surface area contributed by atoms with Gasteiger partial charge in [0.1, 0.15) is 5.69 Å². The van der Waals surface area contributed by atoms with Crippen LogP contribution in [0.2, 0.25) is 5.02 Å². The highest BCUT2D eigenvalue weighted by atomic mass is 35.5. The fourth-order valence-electron chi connectivity index (χ4n) is 1.32. The highest BCUT2D eigenvalue weighted by Gasteiger charge is 2.20. The molecule has 0 saturated heterocycles. The Kier molecular flexibility index (Phi) is 5.27. The van der Waals surface area contributed by atoms with Crippen LogP contribution in [0.5, 0.6) is 5.88 Å². The predicted octanol–water partition coefficient (Wildman–Crippen LogP) is 2.79. The number of esters is 1. The van der Waals surface area contributed by atoms with E-state index in [1.807, 2.05) is 0 Å². The van der Waals surface area contributed by atoms with E-state index in [1.165, 1.54) is 13.2 Å². The molecule has 1 heterocycles. The second-order valence-corrected chi connectivity index (χ2v) is 3.68. The second kappa shape index (κ2) is 6.49. The first-order valence-corrected chi connectivity index (χ1v) is 5.54. The van der Waals surface area contributed by atoms with E-state index in [-0.39, 0.29) is 29.5 Å². The molecule has 0 aliphatic heterocycles. The average Bonchev–Trinajstić information content (AvgIpc) is 2.31. The molecule has 0 fully saturated rings. The first kappa shape index (κ1) is 14.6. The van der Waals surface area contributed by atoms with Crippen LogP contribution in [0.3, 0.4) is 0 Å². The number of carbonyl (C=O) groups is 1. The third-order valence-corrected chi connectivity index (χ3v) is 2.53. The zero-order valence-corrected chi connectivity index (χ0v) is 10.6. The summed E-state index contributed by atoms with van der Waals surface area (Å²) in [6.45, 7) is 1.86. The third-order valence-electron chi connectivity index (χ3n) is 2.09. The average molecular weight is 280 g/mol. The molecule has 1 rings (SSSR count). The van der Waals surface area contributed by atoms with Crippen molar-refractivity contribution in [2.45, 2.75) is 19.8 Å². The lowest BCUT2D eigenvalue weighted by molar-refractivity contribution is -0.142. The maximum Gasteiger partial charge on any atom is 0.310 e. The number of hydrogen-bond acceptors (Lipinski definition) is 4. The second-order valence-electron chi connectivity index (χ2n) is 3.31. The monoisotopic (exact) mass is 279 g/mol. The highest BCUT2D eigenvalue weighted by molar-refractivity contribution is 6.32. The summed E-state index contributed by atoms with van der Waals surface area (Å²) >= 11 is 5.77. The Morgan fingerprint density at radius 2 is 2.22 bits per heavy atom. The first-order chi connectivity index (χ1) is 8.49. The van der Waals surface area contributed by atoms with Gasteiger partial charge < -0.3 is 9.47 Å². The zero-order valence-electron chi connectivity index (χ0n) is 9.87. The van der Waals surface area contributed by atoms with E-state index in [0.29, 0.717) is 0 Å². The Morgan fingerprint density at radius 3 is 2.72 bits per heavy atom. The molecule has 0 atom stereocenters. The maximum atomic E-state index is 12.7. The van der Waals surface area contributed by atoms with Gasteiger partial charge in [-0.3, -0.25) is 4.79 Å². The molecule has 0 N–H and O–H groups in total. The molecule has 1 aromatic heterocycles. The van der Waals surface area contributed by atoms with Crippen LogP contribution >= 0.6 is 11.6 Å². The topological polar surface area (TPSA) is 48.4 Å². The number of hydrogen-bond donors (Lipinski definition) is 0. The van der Waals surface area contributed by atoms with Crippen LogP contribution in [0.1, 0.15) is 24.6 Å². The minimum atomic E-state index is -2.84. The Bertz CT molecular complexity index is 441. The van der Waals surface area contributed by atoms with Gasteiger partial charge >= 0.3 is 5.97 Å². The molecule has 0 spiro atoms. The molecule has 1 aromatic rings. The SMILES string of the molecule is CCOC(=O)Cc1cc(OC)nc(C(F)F)c1Cl. The number of aromatic nitrogens is 1. The van der Waals surface area contributed by atoms with Crippen molar-refractivity contribution in [1.82, 2.24) is 4.98 Å². The largest absolute Gasteiger partial charge is 0.481 e. The third kappa shape index (κ3) is 3.53. The Morgan fingerprint density at radius 1 is 1.56 bits per heavy atom. The van der Waals surface area contributed by atoms with Crippen molar-refractivity contribution >= 4 is 17.6 Å². The van der Waals surface area contributed by atoms with E-state index in [0.717, 1.165) is 0 Å². The van der Waals surface area contributed by atoms with Gasteiger partial charge in [-0.2, -0.15) is 0 Å². The van der Waals surface area contributed by atoms with Gasteiger partial charge in [0.05, 0.1) is 25.2 Å². The molecule has 0 aliphatic carbocycles. The van der Waals surface area contributed by atoms with Crippen molar-refractivity contribution in [3.8, 4) is 5.88 Å². The van der Waals surface area contributed by atoms with Gasteiger partial charge in [-0.1, -0.05) is 11.6 Å². The minimum absolute atomic E-state index is 0.0194. The van der Waals surface area contributed by atoms with E-state index in [9.17, 15) is 13.6 Å². The molecule has 0 aromatic carbocycles. The Labute approximate surface area is 108 Å². The van der Waals surface area contributed by atoms with Gasteiger partial charge in [-0.15, -0.1) is 0 Å².